The molecule has 2 N–H and O–H groups in total. The van der Waals surface area contributed by atoms with Crippen molar-refractivity contribution >= 4 is 5.91 Å². The Kier molecular flexibility index (Phi) is 2.23. The van der Waals surface area contributed by atoms with E-state index in [1.165, 1.54) is 12.1 Å². The van der Waals surface area contributed by atoms with Crippen LogP contribution in [0.25, 0.3) is 0 Å². The Balaban J connectivity index is 2.31. The van der Waals surface area contributed by atoms with Gasteiger partial charge in [0.1, 0.15) is 5.82 Å². The Morgan fingerprint density at radius 3 is 2.79 bits per heavy atom. The highest BCUT2D eigenvalue weighted by molar-refractivity contribution is 5.94. The zero-order valence-corrected chi connectivity index (χ0v) is 7.66. The molecule has 1 fully saturated rings. The summed E-state index contributed by atoms with van der Waals surface area (Å²) in [7, 11) is 0. The maximum Gasteiger partial charge on any atom is 0.249 e. The number of primary amides is 1. The minimum atomic E-state index is -0.573. The van der Waals surface area contributed by atoms with Gasteiger partial charge in [0.15, 0.2) is 0 Å². The van der Waals surface area contributed by atoms with Crippen LogP contribution in [-0.2, 0) is 0 Å². The third kappa shape index (κ3) is 1.92. The van der Waals surface area contributed by atoms with Gasteiger partial charge in [-0.25, -0.2) is 4.39 Å². The van der Waals surface area contributed by atoms with Crippen LogP contribution in [0.2, 0.25) is 0 Å². The summed E-state index contributed by atoms with van der Waals surface area (Å²) in [6, 6.07) is 4.14. The van der Waals surface area contributed by atoms with Crippen molar-refractivity contribution in [3.05, 3.63) is 41.6 Å². The Hall–Kier alpha value is -1.38. The lowest BCUT2D eigenvalue weighted by molar-refractivity contribution is 0.0999. The van der Waals surface area contributed by atoms with Gasteiger partial charge in [0.25, 0.3) is 0 Å². The fourth-order valence-electron chi connectivity index (χ4n) is 1.40. The predicted octanol–water partition coefficient (Wildman–Crippen LogP) is 1.89. The summed E-state index contributed by atoms with van der Waals surface area (Å²) in [6.45, 7) is 0. The summed E-state index contributed by atoms with van der Waals surface area (Å²) in [6.07, 6.45) is 4.28. The maximum absolute atomic E-state index is 12.8. The van der Waals surface area contributed by atoms with Gasteiger partial charge in [0.05, 0.1) is 0 Å². The van der Waals surface area contributed by atoms with E-state index < -0.39 is 11.7 Å². The summed E-state index contributed by atoms with van der Waals surface area (Å²) in [5.74, 6) is -0.457. The van der Waals surface area contributed by atoms with E-state index in [9.17, 15) is 9.18 Å². The second-order valence-corrected chi connectivity index (χ2v) is 3.60. The molecule has 0 unspecified atom stereocenters. The van der Waals surface area contributed by atoms with Gasteiger partial charge < -0.3 is 5.73 Å². The van der Waals surface area contributed by atoms with Crippen LogP contribution in [0.1, 0.15) is 28.8 Å². The molecule has 0 bridgehead atoms. The quantitative estimate of drug-likeness (QED) is 0.780. The normalized spacial score (nSPS) is 15.5. The Morgan fingerprint density at radius 1 is 1.50 bits per heavy atom. The van der Waals surface area contributed by atoms with E-state index >= 15 is 0 Å². The smallest absolute Gasteiger partial charge is 0.249 e. The number of hydrogen-bond donors (Lipinski definition) is 1. The van der Waals surface area contributed by atoms with Crippen LogP contribution >= 0.6 is 0 Å². The third-order valence-corrected chi connectivity index (χ3v) is 2.32. The molecule has 0 saturated heterocycles. The molecule has 1 aliphatic rings. The monoisotopic (exact) mass is 192 g/mol. The van der Waals surface area contributed by atoms with Gasteiger partial charge in [-0.1, -0.05) is 6.07 Å². The molecule has 1 saturated carbocycles. The van der Waals surface area contributed by atoms with Crippen LogP contribution in [0, 0.1) is 18.2 Å². The largest absolute Gasteiger partial charge is 0.366 e. The average molecular weight is 192 g/mol. The number of halogens is 1. The molecule has 73 valence electrons. The van der Waals surface area contributed by atoms with E-state index in [2.05, 4.69) is 0 Å². The fraction of sp³-hybridized carbons (Fsp3) is 0.273. The molecule has 2 rings (SSSR count). The lowest BCUT2D eigenvalue weighted by Crippen LogP contribution is -2.14. The molecule has 0 aromatic heterocycles. The zero-order chi connectivity index (χ0) is 10.1. The number of hydrogen-bond acceptors (Lipinski definition) is 1. The number of carbonyl (C=O) groups excluding carboxylic acids is 1. The highest BCUT2D eigenvalue weighted by atomic mass is 19.1. The molecule has 1 aliphatic carbocycles. The number of rotatable bonds is 3. The molecular formula is C11H11FNO. The van der Waals surface area contributed by atoms with E-state index in [0.29, 0.717) is 5.92 Å². The first-order valence-corrected chi connectivity index (χ1v) is 4.61. The minimum absolute atomic E-state index is 0.275. The van der Waals surface area contributed by atoms with Crippen molar-refractivity contribution in [1.29, 1.82) is 0 Å². The Bertz CT molecular complexity index is 372. The maximum atomic E-state index is 12.8. The topological polar surface area (TPSA) is 43.1 Å². The number of benzene rings is 1. The number of amides is 1. The van der Waals surface area contributed by atoms with Crippen molar-refractivity contribution in [1.82, 2.24) is 0 Å². The summed E-state index contributed by atoms with van der Waals surface area (Å²) >= 11 is 0. The Labute approximate surface area is 81.9 Å². The SMILES string of the molecule is NC(=O)c1cc(F)ccc1[CH]C1CC1. The summed E-state index contributed by atoms with van der Waals surface area (Å²) in [5.41, 5.74) is 6.18. The van der Waals surface area contributed by atoms with Gasteiger partial charge in [0, 0.05) is 5.56 Å². The second kappa shape index (κ2) is 3.40. The molecule has 0 heterocycles. The van der Waals surface area contributed by atoms with Crippen molar-refractivity contribution in [2.45, 2.75) is 12.8 Å². The second-order valence-electron chi connectivity index (χ2n) is 3.60. The standard InChI is InChI=1S/C11H11FNO/c12-9-4-3-8(5-7-1-2-7)10(6-9)11(13)14/h3-7H,1-2H2,(H2,13,14). The van der Waals surface area contributed by atoms with Crippen molar-refractivity contribution in [2.75, 3.05) is 0 Å². The zero-order valence-electron chi connectivity index (χ0n) is 7.66. The molecule has 0 spiro atoms. The van der Waals surface area contributed by atoms with Crippen LogP contribution in [0.4, 0.5) is 4.39 Å². The Morgan fingerprint density at radius 2 is 2.21 bits per heavy atom. The predicted molar refractivity (Wildman–Crippen MR) is 51.0 cm³/mol. The van der Waals surface area contributed by atoms with Crippen LogP contribution in [0.5, 0.6) is 0 Å². The van der Waals surface area contributed by atoms with Gasteiger partial charge in [0.2, 0.25) is 5.91 Å². The van der Waals surface area contributed by atoms with E-state index in [-0.39, 0.29) is 5.56 Å². The molecule has 3 heteroatoms. The first-order chi connectivity index (χ1) is 6.66. The first-order valence-electron chi connectivity index (χ1n) is 4.61. The minimum Gasteiger partial charge on any atom is -0.366 e. The first kappa shape index (κ1) is 9.19. The lowest BCUT2D eigenvalue weighted by atomic mass is 10.0. The number of carbonyl (C=O) groups is 1. The highest BCUT2D eigenvalue weighted by Crippen LogP contribution is 2.35. The highest BCUT2D eigenvalue weighted by Gasteiger charge is 2.24. The average Bonchev–Trinajstić information content (AvgIpc) is 2.91. The molecule has 1 aromatic carbocycles. The van der Waals surface area contributed by atoms with Crippen molar-refractivity contribution in [2.24, 2.45) is 11.7 Å². The van der Waals surface area contributed by atoms with Crippen molar-refractivity contribution in [3.8, 4) is 0 Å². The van der Waals surface area contributed by atoms with Gasteiger partial charge in [-0.15, -0.1) is 0 Å². The van der Waals surface area contributed by atoms with Gasteiger partial charge in [-0.2, -0.15) is 0 Å². The summed E-state index contributed by atoms with van der Waals surface area (Å²) < 4.78 is 12.8. The molecule has 0 atom stereocenters. The fourth-order valence-corrected chi connectivity index (χ4v) is 1.40. The number of nitrogens with two attached hydrogens (primary N) is 1. The van der Waals surface area contributed by atoms with Crippen molar-refractivity contribution in [3.63, 3.8) is 0 Å². The van der Waals surface area contributed by atoms with Crippen LogP contribution in [-0.4, -0.2) is 5.91 Å². The van der Waals surface area contributed by atoms with Crippen LogP contribution < -0.4 is 5.73 Å². The summed E-state index contributed by atoms with van der Waals surface area (Å²) in [5, 5.41) is 0. The van der Waals surface area contributed by atoms with Crippen molar-refractivity contribution < 1.29 is 9.18 Å². The van der Waals surface area contributed by atoms with Gasteiger partial charge >= 0.3 is 0 Å². The molecular weight excluding hydrogens is 181 g/mol. The van der Waals surface area contributed by atoms with E-state index in [4.69, 9.17) is 5.73 Å². The van der Waals surface area contributed by atoms with Gasteiger partial charge in [-0.3, -0.25) is 4.79 Å². The van der Waals surface area contributed by atoms with Gasteiger partial charge in [-0.05, 0) is 42.9 Å². The molecule has 1 aromatic rings. The molecule has 1 radical (unpaired) electrons. The van der Waals surface area contributed by atoms with Crippen LogP contribution in [0.15, 0.2) is 18.2 Å². The van der Waals surface area contributed by atoms with E-state index in [1.54, 1.807) is 6.07 Å². The van der Waals surface area contributed by atoms with E-state index in [0.717, 1.165) is 18.4 Å². The van der Waals surface area contributed by atoms with E-state index in [1.807, 2.05) is 6.42 Å². The molecule has 14 heavy (non-hydrogen) atoms. The molecule has 0 aliphatic heterocycles. The summed E-state index contributed by atoms with van der Waals surface area (Å²) in [4.78, 5) is 11.0. The lowest BCUT2D eigenvalue weighted by Gasteiger charge is -2.05. The third-order valence-electron chi connectivity index (χ3n) is 2.32. The van der Waals surface area contributed by atoms with Crippen LogP contribution in [0.3, 0.4) is 0 Å². The molecule has 2 nitrogen and oxygen atoms in total. The molecule has 1 amide bonds.